The maximum absolute atomic E-state index is 14.0. The molecule has 2 aromatic heterocycles. The maximum Gasteiger partial charge on any atom is 0.264 e. The average molecular weight is 486 g/mol. The van der Waals surface area contributed by atoms with Crippen molar-refractivity contribution in [2.45, 2.75) is 44.8 Å². The van der Waals surface area contributed by atoms with Gasteiger partial charge in [0.1, 0.15) is 12.5 Å². The van der Waals surface area contributed by atoms with E-state index in [1.54, 1.807) is 0 Å². The van der Waals surface area contributed by atoms with Gasteiger partial charge in [0.05, 0.1) is 37.9 Å². The van der Waals surface area contributed by atoms with Gasteiger partial charge in [0.25, 0.3) is 6.43 Å². The molecule has 2 saturated carbocycles. The number of rotatable bonds is 5. The number of hydrogen-bond donors (Lipinski definition) is 1. The number of nitrogens with zero attached hydrogens (tertiary/aromatic N) is 6. The van der Waals surface area contributed by atoms with Crippen molar-refractivity contribution in [3.63, 3.8) is 0 Å². The third kappa shape index (κ3) is 3.31. The van der Waals surface area contributed by atoms with Gasteiger partial charge in [-0.25, -0.2) is 13.8 Å². The predicted molar refractivity (Wildman–Crippen MR) is 124 cm³/mol. The second kappa shape index (κ2) is 7.67. The Morgan fingerprint density at radius 2 is 1.69 bits per heavy atom. The number of pyridine rings is 1. The monoisotopic (exact) mass is 485 g/mol. The zero-order valence-electron chi connectivity index (χ0n) is 19.7. The molecule has 0 spiro atoms. The van der Waals surface area contributed by atoms with Crippen LogP contribution in [0, 0.1) is 29.6 Å². The first-order valence-electron chi connectivity index (χ1n) is 12.4. The highest BCUT2D eigenvalue weighted by atomic mass is 19.3. The van der Waals surface area contributed by atoms with E-state index in [0.717, 1.165) is 6.42 Å². The number of aromatic nitrogens is 4. The molecular weight excluding hydrogens is 456 g/mol. The molecule has 2 aromatic rings. The summed E-state index contributed by atoms with van der Waals surface area (Å²) < 4.78 is 39.7. The Kier molecular flexibility index (Phi) is 4.73. The number of ether oxygens (including phenoxy) is 2. The van der Waals surface area contributed by atoms with Crippen LogP contribution in [-0.4, -0.2) is 64.6 Å². The summed E-state index contributed by atoms with van der Waals surface area (Å²) >= 11 is 0. The molecule has 0 amide bonds. The first-order chi connectivity index (χ1) is 16.9. The molecule has 11 heteroatoms. The molecule has 2 bridgehead atoms. The van der Waals surface area contributed by atoms with Crippen LogP contribution in [0.3, 0.4) is 0 Å². The Morgan fingerprint density at radius 3 is 2.37 bits per heavy atom. The van der Waals surface area contributed by atoms with Gasteiger partial charge in [-0.2, -0.15) is 15.0 Å². The van der Waals surface area contributed by atoms with Crippen molar-refractivity contribution in [2.75, 3.05) is 42.1 Å². The van der Waals surface area contributed by atoms with Gasteiger partial charge in [0.2, 0.25) is 11.9 Å². The average Bonchev–Trinajstić information content (AvgIpc) is 3.63. The summed E-state index contributed by atoms with van der Waals surface area (Å²) in [6.07, 6.45) is -0.252. The summed E-state index contributed by atoms with van der Waals surface area (Å²) in [6.45, 7) is 6.76. The van der Waals surface area contributed by atoms with Gasteiger partial charge in [0.15, 0.2) is 5.82 Å². The molecule has 35 heavy (non-hydrogen) atoms. The lowest BCUT2D eigenvalue weighted by Crippen LogP contribution is -2.51. The Morgan fingerprint density at radius 1 is 1.00 bits per heavy atom. The van der Waals surface area contributed by atoms with Crippen molar-refractivity contribution < 1.29 is 18.3 Å². The molecule has 7 atom stereocenters. The highest BCUT2D eigenvalue weighted by molar-refractivity contribution is 5.65. The lowest BCUT2D eigenvalue weighted by molar-refractivity contribution is 0.0725. The number of hydrogen-bond acceptors (Lipinski definition) is 9. The highest BCUT2D eigenvalue weighted by Crippen LogP contribution is 2.60. The molecule has 5 fully saturated rings. The molecule has 0 radical (unpaired) electrons. The van der Waals surface area contributed by atoms with Crippen LogP contribution in [0.1, 0.15) is 32.3 Å². The van der Waals surface area contributed by atoms with Crippen LogP contribution >= 0.6 is 0 Å². The Balaban J connectivity index is 1.35. The van der Waals surface area contributed by atoms with E-state index in [1.165, 1.54) is 12.3 Å². The van der Waals surface area contributed by atoms with Crippen LogP contribution in [0.25, 0.3) is 11.4 Å². The van der Waals surface area contributed by atoms with Crippen LogP contribution in [0.15, 0.2) is 12.3 Å². The second-order valence-corrected chi connectivity index (χ2v) is 10.8. The van der Waals surface area contributed by atoms with E-state index in [-0.39, 0.29) is 40.9 Å². The molecule has 186 valence electrons. The van der Waals surface area contributed by atoms with Crippen LogP contribution in [-0.2, 0) is 9.47 Å². The van der Waals surface area contributed by atoms with Crippen LogP contribution < -0.4 is 15.5 Å². The molecule has 6 unspecified atom stereocenters. The number of alkyl halides is 2. The van der Waals surface area contributed by atoms with E-state index in [2.05, 4.69) is 28.6 Å². The number of nitrogen functional groups attached to an aromatic ring is 1. The normalized spacial score (nSPS) is 37.2. The minimum absolute atomic E-state index is 0.0366. The SMILES string of the molecule is CC1C2C1C1COCC2N1c1nc(-c2cnc(N)cc2C(F)F)nc(N2COCC2C2C[C@@H]2C)n1. The Hall–Kier alpha value is -2.66. The fraction of sp³-hybridized carbons (Fsp3) is 0.667. The summed E-state index contributed by atoms with van der Waals surface area (Å²) in [5, 5.41) is 0. The van der Waals surface area contributed by atoms with E-state index in [4.69, 9.17) is 30.2 Å². The first-order valence-corrected chi connectivity index (χ1v) is 12.4. The van der Waals surface area contributed by atoms with Crippen molar-refractivity contribution in [3.8, 4) is 11.4 Å². The molecule has 3 aliphatic heterocycles. The van der Waals surface area contributed by atoms with E-state index < -0.39 is 6.43 Å². The largest absolute Gasteiger partial charge is 0.384 e. The molecular formula is C24H29F2N7O2. The van der Waals surface area contributed by atoms with Gasteiger partial charge in [-0.15, -0.1) is 0 Å². The van der Waals surface area contributed by atoms with Crippen molar-refractivity contribution >= 4 is 17.7 Å². The number of anilines is 3. The zero-order chi connectivity index (χ0) is 24.0. The Bertz CT molecular complexity index is 1150. The van der Waals surface area contributed by atoms with Crippen molar-refractivity contribution in [1.82, 2.24) is 19.9 Å². The predicted octanol–water partition coefficient (Wildman–Crippen LogP) is 2.74. The number of nitrogens with two attached hydrogens (primary N) is 1. The smallest absolute Gasteiger partial charge is 0.264 e. The fourth-order valence-corrected chi connectivity index (χ4v) is 6.82. The first kappa shape index (κ1) is 21.6. The third-order valence-corrected chi connectivity index (χ3v) is 8.82. The summed E-state index contributed by atoms with van der Waals surface area (Å²) in [7, 11) is 0. The van der Waals surface area contributed by atoms with E-state index in [1.807, 2.05) is 0 Å². The summed E-state index contributed by atoms with van der Waals surface area (Å²) in [4.78, 5) is 22.8. The fourth-order valence-electron chi connectivity index (χ4n) is 6.82. The lowest BCUT2D eigenvalue weighted by atomic mass is 10.1. The quantitative estimate of drug-likeness (QED) is 0.685. The molecule has 5 aliphatic rings. The number of halogens is 2. The van der Waals surface area contributed by atoms with Gasteiger partial charge in [-0.05, 0) is 42.1 Å². The highest BCUT2D eigenvalue weighted by Gasteiger charge is 2.66. The molecule has 2 aliphatic carbocycles. The summed E-state index contributed by atoms with van der Waals surface area (Å²) in [5.74, 6) is 4.12. The molecule has 5 heterocycles. The summed E-state index contributed by atoms with van der Waals surface area (Å²) in [5.41, 5.74) is 5.67. The van der Waals surface area contributed by atoms with Crippen molar-refractivity contribution in [1.29, 1.82) is 0 Å². The van der Waals surface area contributed by atoms with E-state index in [0.29, 0.717) is 68.0 Å². The Labute approximate surface area is 202 Å². The van der Waals surface area contributed by atoms with Crippen LogP contribution in [0.5, 0.6) is 0 Å². The standard InChI is InChI=1S/C24H29F2N7O2/c1-10-3-12(10)15-6-35-9-32(15)23-29-22(14-5-28-18(27)4-13(14)21(25)26)30-24(31-23)33-16-7-34-8-17(33)20-11(2)19(16)20/h4-5,10-12,15-17,19-21H,3,6-9H2,1-2H3,(H2,27,28)/t10-,11?,12?,15?,16?,17?,19?,20?/m0/s1. The zero-order valence-corrected chi connectivity index (χ0v) is 19.7. The maximum atomic E-state index is 14.0. The summed E-state index contributed by atoms with van der Waals surface area (Å²) in [6, 6.07) is 1.74. The molecule has 7 rings (SSSR count). The second-order valence-electron chi connectivity index (χ2n) is 10.8. The molecule has 3 saturated heterocycles. The van der Waals surface area contributed by atoms with Gasteiger partial charge in [-0.1, -0.05) is 13.8 Å². The van der Waals surface area contributed by atoms with Gasteiger partial charge >= 0.3 is 0 Å². The minimum atomic E-state index is -2.73. The molecule has 0 aromatic carbocycles. The van der Waals surface area contributed by atoms with E-state index in [9.17, 15) is 8.78 Å². The minimum Gasteiger partial charge on any atom is -0.384 e. The van der Waals surface area contributed by atoms with Crippen molar-refractivity contribution in [2.24, 2.45) is 29.6 Å². The number of fused-ring (bicyclic) bond motifs is 5. The molecule has 9 nitrogen and oxygen atoms in total. The lowest BCUT2D eigenvalue weighted by Gasteiger charge is -2.39. The topological polar surface area (TPSA) is 103 Å². The van der Waals surface area contributed by atoms with E-state index >= 15 is 0 Å². The number of morpholine rings is 1. The van der Waals surface area contributed by atoms with Crippen LogP contribution in [0.4, 0.5) is 26.5 Å². The van der Waals surface area contributed by atoms with Gasteiger partial charge in [-0.3, -0.25) is 0 Å². The van der Waals surface area contributed by atoms with Crippen LogP contribution in [0.2, 0.25) is 0 Å². The van der Waals surface area contributed by atoms with Gasteiger partial charge < -0.3 is 25.0 Å². The number of piperidine rings is 1. The molecule has 2 N–H and O–H groups in total. The van der Waals surface area contributed by atoms with Gasteiger partial charge in [0, 0.05) is 17.3 Å². The van der Waals surface area contributed by atoms with Crippen molar-refractivity contribution in [3.05, 3.63) is 17.8 Å². The third-order valence-electron chi connectivity index (χ3n) is 8.82.